The van der Waals surface area contributed by atoms with Crippen LogP contribution in [-0.2, 0) is 0 Å². The highest BCUT2D eigenvalue weighted by molar-refractivity contribution is 9.10. The van der Waals surface area contributed by atoms with Crippen molar-refractivity contribution in [1.29, 1.82) is 0 Å². The highest BCUT2D eigenvalue weighted by Crippen LogP contribution is 2.20. The van der Waals surface area contributed by atoms with Gasteiger partial charge in [0, 0.05) is 11.7 Å². The molecule has 1 aromatic rings. The Kier molecular flexibility index (Phi) is 3.48. The first kappa shape index (κ1) is 10.3. The molecule has 3 heteroatoms. The third kappa shape index (κ3) is 2.84. The van der Waals surface area contributed by atoms with E-state index in [9.17, 15) is 4.39 Å². The zero-order valence-corrected chi connectivity index (χ0v) is 8.94. The van der Waals surface area contributed by atoms with Gasteiger partial charge in [0.15, 0.2) is 0 Å². The van der Waals surface area contributed by atoms with E-state index in [4.69, 9.17) is 0 Å². The summed E-state index contributed by atoms with van der Waals surface area (Å²) < 4.78 is 13.3. The predicted octanol–water partition coefficient (Wildman–Crippen LogP) is 3.57. The van der Waals surface area contributed by atoms with Crippen molar-refractivity contribution in [3.05, 3.63) is 41.1 Å². The summed E-state index contributed by atoms with van der Waals surface area (Å²) in [4.78, 5) is 0. The van der Waals surface area contributed by atoms with Gasteiger partial charge >= 0.3 is 0 Å². The molecule has 1 unspecified atom stereocenters. The van der Waals surface area contributed by atoms with Gasteiger partial charge in [-0.15, -0.1) is 6.58 Å². The predicted molar refractivity (Wildman–Crippen MR) is 57.4 cm³/mol. The van der Waals surface area contributed by atoms with Crippen LogP contribution < -0.4 is 5.32 Å². The van der Waals surface area contributed by atoms with E-state index in [1.54, 1.807) is 18.2 Å². The van der Waals surface area contributed by atoms with Crippen molar-refractivity contribution in [1.82, 2.24) is 0 Å². The summed E-state index contributed by atoms with van der Waals surface area (Å²) in [6.45, 7) is 5.62. The molecule has 0 saturated carbocycles. The molecule has 0 bridgehead atoms. The quantitative estimate of drug-likeness (QED) is 0.801. The molecule has 0 radical (unpaired) electrons. The smallest absolute Gasteiger partial charge is 0.137 e. The molecule has 0 aliphatic rings. The van der Waals surface area contributed by atoms with Crippen LogP contribution in [0.15, 0.2) is 35.3 Å². The molecule has 0 saturated heterocycles. The van der Waals surface area contributed by atoms with E-state index in [1.165, 1.54) is 6.07 Å². The number of benzene rings is 1. The van der Waals surface area contributed by atoms with Crippen LogP contribution in [0, 0.1) is 5.82 Å². The van der Waals surface area contributed by atoms with Gasteiger partial charge < -0.3 is 5.32 Å². The van der Waals surface area contributed by atoms with Crippen LogP contribution in [0.3, 0.4) is 0 Å². The van der Waals surface area contributed by atoms with Gasteiger partial charge in [0.1, 0.15) is 5.82 Å². The molecule has 0 aromatic heterocycles. The van der Waals surface area contributed by atoms with E-state index in [2.05, 4.69) is 27.8 Å². The summed E-state index contributed by atoms with van der Waals surface area (Å²) in [5, 5.41) is 3.14. The van der Waals surface area contributed by atoms with Crippen LogP contribution in [-0.4, -0.2) is 6.04 Å². The third-order valence-corrected chi connectivity index (χ3v) is 2.28. The Hall–Kier alpha value is -0.830. The van der Waals surface area contributed by atoms with Gasteiger partial charge in [-0.25, -0.2) is 4.39 Å². The summed E-state index contributed by atoms with van der Waals surface area (Å²) in [5.74, 6) is -0.253. The van der Waals surface area contributed by atoms with E-state index in [0.29, 0.717) is 4.47 Å². The van der Waals surface area contributed by atoms with Gasteiger partial charge in [0.05, 0.1) is 4.47 Å². The number of halogens is 2. The Balaban J connectivity index is 2.79. The number of anilines is 1. The fourth-order valence-electron chi connectivity index (χ4n) is 0.908. The summed E-state index contributed by atoms with van der Waals surface area (Å²) in [6, 6.07) is 5.00. The first-order chi connectivity index (χ1) is 6.13. The number of hydrogen-bond acceptors (Lipinski definition) is 1. The lowest BCUT2D eigenvalue weighted by Gasteiger charge is -2.10. The molecule has 0 heterocycles. The molecular weight excluding hydrogens is 233 g/mol. The van der Waals surface area contributed by atoms with Crippen LogP contribution in [0.2, 0.25) is 0 Å². The fraction of sp³-hybridized carbons (Fsp3) is 0.200. The van der Waals surface area contributed by atoms with E-state index >= 15 is 0 Å². The Morgan fingerprint density at radius 3 is 2.85 bits per heavy atom. The van der Waals surface area contributed by atoms with Gasteiger partial charge in [-0.05, 0) is 41.1 Å². The fourth-order valence-corrected chi connectivity index (χ4v) is 1.29. The molecule has 1 N–H and O–H groups in total. The maximum atomic E-state index is 12.8. The SMILES string of the molecule is C=CC(C)Nc1ccc(F)c(Br)c1. The maximum absolute atomic E-state index is 12.8. The molecule has 0 spiro atoms. The normalized spacial score (nSPS) is 12.2. The van der Waals surface area contributed by atoms with Crippen LogP contribution in [0.1, 0.15) is 6.92 Å². The molecule has 1 atom stereocenters. The van der Waals surface area contributed by atoms with Crippen LogP contribution in [0.5, 0.6) is 0 Å². The Bertz CT molecular complexity index is 312. The second kappa shape index (κ2) is 4.42. The van der Waals surface area contributed by atoms with Crippen molar-refractivity contribution in [2.45, 2.75) is 13.0 Å². The first-order valence-electron chi connectivity index (χ1n) is 3.97. The average Bonchev–Trinajstić information content (AvgIpc) is 2.11. The molecule has 1 nitrogen and oxygen atoms in total. The van der Waals surface area contributed by atoms with E-state index < -0.39 is 0 Å². The minimum Gasteiger partial charge on any atom is -0.379 e. The Labute approximate surface area is 85.8 Å². The molecule has 0 aliphatic heterocycles. The lowest BCUT2D eigenvalue weighted by molar-refractivity contribution is 0.621. The van der Waals surface area contributed by atoms with Gasteiger partial charge in [-0.2, -0.15) is 0 Å². The van der Waals surface area contributed by atoms with E-state index in [0.717, 1.165) is 5.69 Å². The summed E-state index contributed by atoms with van der Waals surface area (Å²) in [6.07, 6.45) is 1.79. The lowest BCUT2D eigenvalue weighted by Crippen LogP contribution is -2.10. The summed E-state index contributed by atoms with van der Waals surface area (Å²) in [5.41, 5.74) is 0.876. The monoisotopic (exact) mass is 243 g/mol. The molecule has 0 aliphatic carbocycles. The van der Waals surface area contributed by atoms with Crippen molar-refractivity contribution in [3.8, 4) is 0 Å². The lowest BCUT2D eigenvalue weighted by atomic mass is 10.2. The second-order valence-corrected chi connectivity index (χ2v) is 3.65. The van der Waals surface area contributed by atoms with Crippen molar-refractivity contribution < 1.29 is 4.39 Å². The van der Waals surface area contributed by atoms with Crippen molar-refractivity contribution in [3.63, 3.8) is 0 Å². The Morgan fingerprint density at radius 2 is 2.31 bits per heavy atom. The van der Waals surface area contributed by atoms with E-state index in [-0.39, 0.29) is 11.9 Å². The maximum Gasteiger partial charge on any atom is 0.137 e. The molecule has 70 valence electrons. The van der Waals surface area contributed by atoms with Crippen molar-refractivity contribution in [2.75, 3.05) is 5.32 Å². The van der Waals surface area contributed by atoms with Crippen LogP contribution in [0.25, 0.3) is 0 Å². The van der Waals surface area contributed by atoms with Gasteiger partial charge in [0.25, 0.3) is 0 Å². The zero-order valence-electron chi connectivity index (χ0n) is 7.35. The van der Waals surface area contributed by atoms with Gasteiger partial charge in [-0.1, -0.05) is 6.08 Å². The topological polar surface area (TPSA) is 12.0 Å². The molecule has 1 aromatic carbocycles. The molecular formula is C10H11BrFN. The van der Waals surface area contributed by atoms with E-state index in [1.807, 2.05) is 6.92 Å². The number of rotatable bonds is 3. The van der Waals surface area contributed by atoms with Crippen molar-refractivity contribution in [2.24, 2.45) is 0 Å². The molecule has 1 rings (SSSR count). The first-order valence-corrected chi connectivity index (χ1v) is 4.77. The highest BCUT2D eigenvalue weighted by Gasteiger charge is 2.01. The van der Waals surface area contributed by atoms with Gasteiger partial charge in [-0.3, -0.25) is 0 Å². The van der Waals surface area contributed by atoms with Crippen molar-refractivity contribution >= 4 is 21.6 Å². The summed E-state index contributed by atoms with van der Waals surface area (Å²) in [7, 11) is 0. The zero-order chi connectivity index (χ0) is 9.84. The molecule has 0 fully saturated rings. The third-order valence-electron chi connectivity index (χ3n) is 1.67. The van der Waals surface area contributed by atoms with Crippen LogP contribution in [0.4, 0.5) is 10.1 Å². The molecule has 13 heavy (non-hydrogen) atoms. The Morgan fingerprint density at radius 1 is 1.62 bits per heavy atom. The minimum atomic E-state index is -0.253. The standard InChI is InChI=1S/C10H11BrFN/c1-3-7(2)13-8-4-5-10(12)9(11)6-8/h3-7,13H,1H2,2H3. The number of nitrogens with one attached hydrogen (secondary N) is 1. The number of hydrogen-bond donors (Lipinski definition) is 1. The highest BCUT2D eigenvalue weighted by atomic mass is 79.9. The molecule has 0 amide bonds. The summed E-state index contributed by atoms with van der Waals surface area (Å²) >= 11 is 3.12. The minimum absolute atomic E-state index is 0.178. The second-order valence-electron chi connectivity index (χ2n) is 2.80. The average molecular weight is 244 g/mol. The largest absolute Gasteiger partial charge is 0.379 e. The van der Waals surface area contributed by atoms with Crippen LogP contribution >= 0.6 is 15.9 Å². The van der Waals surface area contributed by atoms with Gasteiger partial charge in [0.2, 0.25) is 0 Å².